The van der Waals surface area contributed by atoms with Crippen LogP contribution < -0.4 is 0 Å². The van der Waals surface area contributed by atoms with E-state index in [1.54, 1.807) is 6.07 Å². The normalized spacial score (nSPS) is 28.4. The molecule has 1 heterocycles. The van der Waals surface area contributed by atoms with Gasteiger partial charge in [0.25, 0.3) is 0 Å². The van der Waals surface area contributed by atoms with Crippen LogP contribution in [0.25, 0.3) is 0 Å². The molecule has 0 radical (unpaired) electrons. The van der Waals surface area contributed by atoms with Gasteiger partial charge in [0, 0.05) is 34.5 Å². The van der Waals surface area contributed by atoms with E-state index >= 15 is 0 Å². The van der Waals surface area contributed by atoms with Crippen molar-refractivity contribution in [2.24, 2.45) is 5.41 Å². The molecule has 220 valence electrons. The van der Waals surface area contributed by atoms with Gasteiger partial charge < -0.3 is 14.7 Å². The quantitative estimate of drug-likeness (QED) is 0.289. The van der Waals surface area contributed by atoms with Crippen LogP contribution in [0.3, 0.4) is 0 Å². The third-order valence-corrected chi connectivity index (χ3v) is 10.2. The highest BCUT2D eigenvalue weighted by Crippen LogP contribution is 2.61. The SMILES string of the molecule is CCCN1C[C@@]2(CC[C@H]3c4ccc(cc4C(=O)Cc4c(F)cccc4Cl)C[C@@H](O)CCC(C)=CCC[C@@]32C)OC1=O. The van der Waals surface area contributed by atoms with Gasteiger partial charge in [0.15, 0.2) is 5.78 Å². The molecule has 2 aromatic rings. The summed E-state index contributed by atoms with van der Waals surface area (Å²) in [4.78, 5) is 28.8. The minimum Gasteiger partial charge on any atom is -0.440 e. The van der Waals surface area contributed by atoms with E-state index in [1.807, 2.05) is 23.1 Å². The molecule has 1 aliphatic heterocycles. The van der Waals surface area contributed by atoms with Crippen LogP contribution in [-0.4, -0.2) is 46.7 Å². The standard InChI is InChI=1S/C34H41ClFNO4/c1-4-17-37-21-34(41-32(37)40)16-14-28-25-13-11-23(18-24(38)12-10-22(2)7-6-15-33(28,34)3)19-26(25)31(39)20-27-29(35)8-5-9-30(27)36/h5,7-9,11,13,19,24,28,38H,4,6,10,12,14-18,20-21H2,1-3H3/t24-,28-,33-,34+/m0/s1. The zero-order valence-corrected chi connectivity index (χ0v) is 25.1. The van der Waals surface area contributed by atoms with E-state index in [1.165, 1.54) is 17.7 Å². The molecule has 7 heteroatoms. The van der Waals surface area contributed by atoms with E-state index in [0.29, 0.717) is 31.5 Å². The predicted molar refractivity (Wildman–Crippen MR) is 159 cm³/mol. The number of halogens is 2. The van der Waals surface area contributed by atoms with Gasteiger partial charge in [-0.2, -0.15) is 0 Å². The monoisotopic (exact) mass is 581 g/mol. The Hall–Kier alpha value is -2.70. The molecule has 1 amide bonds. The summed E-state index contributed by atoms with van der Waals surface area (Å²) in [5.74, 6) is -0.741. The topological polar surface area (TPSA) is 66.8 Å². The first-order chi connectivity index (χ1) is 19.6. The van der Waals surface area contributed by atoms with E-state index in [-0.39, 0.29) is 34.8 Å². The number of aliphatic hydroxyl groups excluding tert-OH is 1. The maximum absolute atomic E-state index is 14.7. The number of hydrogen-bond donors (Lipinski definition) is 1. The number of fused-ring (bicyclic) bond motifs is 8. The number of hydrogen-bond acceptors (Lipinski definition) is 4. The summed E-state index contributed by atoms with van der Waals surface area (Å²) in [7, 11) is 0. The van der Waals surface area contributed by atoms with Gasteiger partial charge in [0.2, 0.25) is 0 Å². The van der Waals surface area contributed by atoms with Crippen LogP contribution in [0.15, 0.2) is 48.0 Å². The number of ether oxygens (including phenoxy) is 1. The Bertz CT molecular complexity index is 1340. The predicted octanol–water partition coefficient (Wildman–Crippen LogP) is 7.81. The Morgan fingerprint density at radius 2 is 2.02 bits per heavy atom. The maximum Gasteiger partial charge on any atom is 0.410 e. The Morgan fingerprint density at radius 3 is 2.78 bits per heavy atom. The van der Waals surface area contributed by atoms with Crippen LogP contribution in [0.4, 0.5) is 9.18 Å². The lowest BCUT2D eigenvalue weighted by Gasteiger charge is -2.43. The van der Waals surface area contributed by atoms with Crippen LogP contribution in [0, 0.1) is 11.2 Å². The summed E-state index contributed by atoms with van der Waals surface area (Å²) < 4.78 is 21.0. The number of benzene rings is 2. The summed E-state index contributed by atoms with van der Waals surface area (Å²) in [6.07, 6.45) is 7.13. The molecule has 2 aromatic carbocycles. The number of carbonyl (C=O) groups excluding carboxylic acids is 2. The fourth-order valence-corrected chi connectivity index (χ4v) is 7.66. The minimum atomic E-state index is -0.646. The second-order valence-electron chi connectivity index (χ2n) is 12.5. The van der Waals surface area contributed by atoms with Crippen molar-refractivity contribution < 1.29 is 23.8 Å². The largest absolute Gasteiger partial charge is 0.440 e. The molecule has 1 saturated carbocycles. The van der Waals surface area contributed by atoms with Gasteiger partial charge in [-0.05, 0) is 93.5 Å². The molecule has 0 unspecified atom stereocenters. The number of nitrogens with zero attached hydrogens (tertiary/aromatic N) is 1. The number of carbonyl (C=O) groups is 2. The van der Waals surface area contributed by atoms with Crippen molar-refractivity contribution in [3.63, 3.8) is 0 Å². The molecule has 1 spiro atoms. The molecule has 2 bridgehead atoms. The number of allylic oxidation sites excluding steroid dienone is 2. The molecule has 4 atom stereocenters. The van der Waals surface area contributed by atoms with E-state index in [2.05, 4.69) is 26.8 Å². The lowest BCUT2D eigenvalue weighted by atomic mass is 9.64. The van der Waals surface area contributed by atoms with E-state index in [9.17, 15) is 19.1 Å². The molecule has 6 rings (SSSR count). The summed E-state index contributed by atoms with van der Waals surface area (Å²) in [6, 6.07) is 10.4. The van der Waals surface area contributed by atoms with E-state index in [4.69, 9.17) is 16.3 Å². The van der Waals surface area contributed by atoms with Crippen LogP contribution >= 0.6 is 11.6 Å². The average molecular weight is 582 g/mol. The molecule has 5 nitrogen and oxygen atoms in total. The van der Waals surface area contributed by atoms with Crippen molar-refractivity contribution in [1.29, 1.82) is 0 Å². The first-order valence-electron chi connectivity index (χ1n) is 15.0. The third-order valence-electron chi connectivity index (χ3n) is 9.82. The number of amides is 1. The Balaban J connectivity index is 1.60. The zero-order chi connectivity index (χ0) is 29.4. The van der Waals surface area contributed by atoms with Crippen molar-refractivity contribution >= 4 is 23.5 Å². The summed E-state index contributed by atoms with van der Waals surface area (Å²) in [5, 5.41) is 11.0. The van der Waals surface area contributed by atoms with E-state index < -0.39 is 22.9 Å². The van der Waals surface area contributed by atoms with Crippen LogP contribution in [-0.2, 0) is 17.6 Å². The molecular weight excluding hydrogens is 541 g/mol. The second kappa shape index (κ2) is 11.9. The Kier molecular flexibility index (Phi) is 8.63. The smallest absolute Gasteiger partial charge is 0.410 e. The third kappa shape index (κ3) is 5.70. The maximum atomic E-state index is 14.7. The average Bonchev–Trinajstić information content (AvgIpc) is 3.39. The number of aliphatic hydroxyl groups is 1. The summed E-state index contributed by atoms with van der Waals surface area (Å²) >= 11 is 6.32. The fraction of sp³-hybridized carbons (Fsp3) is 0.529. The zero-order valence-electron chi connectivity index (χ0n) is 24.3. The molecule has 1 saturated heterocycles. The van der Waals surface area contributed by atoms with Gasteiger partial charge in [-0.3, -0.25) is 4.79 Å². The highest BCUT2D eigenvalue weighted by atomic mass is 35.5. The van der Waals surface area contributed by atoms with Gasteiger partial charge in [-0.1, -0.05) is 55.3 Å². The second-order valence-corrected chi connectivity index (χ2v) is 12.9. The Morgan fingerprint density at radius 1 is 1.22 bits per heavy atom. The van der Waals surface area contributed by atoms with Crippen LogP contribution in [0.2, 0.25) is 5.02 Å². The molecule has 1 N–H and O–H groups in total. The fourth-order valence-electron chi connectivity index (χ4n) is 7.43. The van der Waals surface area contributed by atoms with Gasteiger partial charge >= 0.3 is 6.09 Å². The highest BCUT2D eigenvalue weighted by Gasteiger charge is 2.63. The van der Waals surface area contributed by atoms with Crippen molar-refractivity contribution in [3.05, 3.63) is 81.1 Å². The van der Waals surface area contributed by atoms with Gasteiger partial charge in [0.1, 0.15) is 11.4 Å². The Labute approximate surface area is 247 Å². The number of rotatable bonds is 5. The van der Waals surface area contributed by atoms with Crippen LogP contribution in [0.1, 0.15) is 98.7 Å². The molecule has 3 aliphatic carbocycles. The lowest BCUT2D eigenvalue weighted by Crippen LogP contribution is -2.48. The van der Waals surface area contributed by atoms with Crippen molar-refractivity contribution in [2.45, 2.75) is 96.2 Å². The van der Waals surface area contributed by atoms with Crippen molar-refractivity contribution in [3.8, 4) is 0 Å². The van der Waals surface area contributed by atoms with E-state index in [0.717, 1.165) is 49.7 Å². The first-order valence-corrected chi connectivity index (χ1v) is 15.3. The summed E-state index contributed by atoms with van der Waals surface area (Å²) in [6.45, 7) is 7.60. The number of ketones is 1. The van der Waals surface area contributed by atoms with Gasteiger partial charge in [-0.25, -0.2) is 9.18 Å². The molecule has 41 heavy (non-hydrogen) atoms. The number of Topliss-reactive ketones (excluding diaryl/α,β-unsaturated/α-hetero) is 1. The first kappa shape index (κ1) is 29.8. The molecular formula is C34H41ClFNO4. The van der Waals surface area contributed by atoms with Crippen LogP contribution in [0.5, 0.6) is 0 Å². The highest BCUT2D eigenvalue weighted by molar-refractivity contribution is 6.31. The van der Waals surface area contributed by atoms with Crippen molar-refractivity contribution in [1.82, 2.24) is 4.90 Å². The lowest BCUT2D eigenvalue weighted by molar-refractivity contribution is -0.0373. The van der Waals surface area contributed by atoms with Gasteiger partial charge in [0.05, 0.1) is 12.6 Å². The van der Waals surface area contributed by atoms with Gasteiger partial charge in [-0.15, -0.1) is 0 Å². The summed E-state index contributed by atoms with van der Waals surface area (Å²) in [5.41, 5.74) is 2.69. The molecule has 2 fully saturated rings. The molecule has 4 aliphatic rings. The molecule has 0 aromatic heterocycles. The minimum absolute atomic E-state index is 0.0393. The van der Waals surface area contributed by atoms with Crippen molar-refractivity contribution in [2.75, 3.05) is 13.1 Å².